The maximum atomic E-state index is 10.6. The van der Waals surface area contributed by atoms with Crippen LogP contribution in [0.2, 0.25) is 0 Å². The van der Waals surface area contributed by atoms with Gasteiger partial charge in [0.25, 0.3) is 0 Å². The molecule has 100 valence electrons. The SMILES string of the molecule is C1COC2(C1)CCNCC2.O=C(O)C(F)(F)F. The van der Waals surface area contributed by atoms with Crippen molar-refractivity contribution in [3.63, 3.8) is 0 Å². The molecule has 0 unspecified atom stereocenters. The molecule has 2 N–H and O–H groups in total. The minimum absolute atomic E-state index is 0.311. The monoisotopic (exact) mass is 255 g/mol. The number of rotatable bonds is 0. The number of alkyl halides is 3. The molecule has 0 saturated carbocycles. The van der Waals surface area contributed by atoms with Crippen LogP contribution in [0.15, 0.2) is 0 Å². The molecule has 2 aliphatic heterocycles. The van der Waals surface area contributed by atoms with Gasteiger partial charge >= 0.3 is 12.1 Å². The highest BCUT2D eigenvalue weighted by Gasteiger charge is 2.38. The molecule has 0 aliphatic carbocycles. The van der Waals surface area contributed by atoms with E-state index in [1.807, 2.05) is 0 Å². The van der Waals surface area contributed by atoms with E-state index in [2.05, 4.69) is 5.32 Å². The van der Waals surface area contributed by atoms with Crippen LogP contribution in [0.25, 0.3) is 0 Å². The minimum atomic E-state index is -5.08. The average Bonchev–Trinajstić information content (AvgIpc) is 2.67. The molecule has 0 aromatic heterocycles. The lowest BCUT2D eigenvalue weighted by atomic mass is 9.90. The Labute approximate surface area is 97.1 Å². The molecule has 0 radical (unpaired) electrons. The number of hydrogen-bond acceptors (Lipinski definition) is 3. The van der Waals surface area contributed by atoms with Crippen molar-refractivity contribution in [2.45, 2.75) is 37.5 Å². The van der Waals surface area contributed by atoms with Crippen LogP contribution >= 0.6 is 0 Å². The van der Waals surface area contributed by atoms with E-state index in [-0.39, 0.29) is 0 Å². The van der Waals surface area contributed by atoms with Gasteiger partial charge in [-0.1, -0.05) is 0 Å². The van der Waals surface area contributed by atoms with E-state index in [0.717, 1.165) is 19.7 Å². The van der Waals surface area contributed by atoms with Crippen LogP contribution < -0.4 is 5.32 Å². The highest BCUT2D eigenvalue weighted by atomic mass is 19.4. The summed E-state index contributed by atoms with van der Waals surface area (Å²) in [6.45, 7) is 3.31. The summed E-state index contributed by atoms with van der Waals surface area (Å²) in [6, 6.07) is 0. The summed E-state index contributed by atoms with van der Waals surface area (Å²) >= 11 is 0. The standard InChI is InChI=1S/C8H15NO.C2HF3O2/c1-2-8(10-7-1)3-5-9-6-4-8;3-2(4,5)1(6)7/h9H,1-7H2;(H,6,7). The summed E-state index contributed by atoms with van der Waals surface area (Å²) in [5.41, 5.74) is 0.311. The van der Waals surface area contributed by atoms with Gasteiger partial charge in [-0.15, -0.1) is 0 Å². The molecule has 0 amide bonds. The van der Waals surface area contributed by atoms with Crippen LogP contribution in [0.5, 0.6) is 0 Å². The molecule has 2 fully saturated rings. The van der Waals surface area contributed by atoms with Gasteiger partial charge in [-0.25, -0.2) is 4.79 Å². The molecular weight excluding hydrogens is 239 g/mol. The van der Waals surface area contributed by atoms with Crippen molar-refractivity contribution in [1.29, 1.82) is 0 Å². The number of carboxylic acids is 1. The first-order chi connectivity index (χ1) is 7.86. The van der Waals surface area contributed by atoms with Gasteiger partial charge < -0.3 is 15.2 Å². The Balaban J connectivity index is 0.000000185. The van der Waals surface area contributed by atoms with Crippen molar-refractivity contribution >= 4 is 5.97 Å². The fourth-order valence-corrected chi connectivity index (χ4v) is 2.03. The Morgan fingerprint density at radius 2 is 1.76 bits per heavy atom. The highest BCUT2D eigenvalue weighted by Crippen LogP contribution is 2.33. The van der Waals surface area contributed by atoms with E-state index in [1.165, 1.54) is 25.7 Å². The third-order valence-corrected chi connectivity index (χ3v) is 2.94. The lowest BCUT2D eigenvalue weighted by Gasteiger charge is -2.32. The molecule has 17 heavy (non-hydrogen) atoms. The zero-order valence-corrected chi connectivity index (χ0v) is 9.35. The largest absolute Gasteiger partial charge is 0.490 e. The van der Waals surface area contributed by atoms with Crippen LogP contribution in [0.4, 0.5) is 13.2 Å². The highest BCUT2D eigenvalue weighted by molar-refractivity contribution is 5.73. The molecule has 2 aliphatic rings. The molecule has 7 heteroatoms. The second-order valence-electron chi connectivity index (χ2n) is 4.19. The predicted octanol–water partition coefficient (Wildman–Crippen LogP) is 1.55. The summed E-state index contributed by atoms with van der Waals surface area (Å²) in [5, 5.41) is 10.5. The number of carbonyl (C=O) groups is 1. The molecule has 0 aromatic rings. The predicted molar refractivity (Wildman–Crippen MR) is 53.7 cm³/mol. The van der Waals surface area contributed by atoms with Crippen LogP contribution in [0, 0.1) is 0 Å². The van der Waals surface area contributed by atoms with Gasteiger partial charge in [-0.2, -0.15) is 13.2 Å². The van der Waals surface area contributed by atoms with E-state index in [9.17, 15) is 13.2 Å². The topological polar surface area (TPSA) is 58.6 Å². The van der Waals surface area contributed by atoms with Crippen molar-refractivity contribution in [3.05, 3.63) is 0 Å². The second-order valence-corrected chi connectivity index (χ2v) is 4.19. The molecule has 0 atom stereocenters. The molecule has 2 saturated heterocycles. The summed E-state index contributed by atoms with van der Waals surface area (Å²) < 4.78 is 37.5. The number of halogens is 3. The normalized spacial score (nSPS) is 23.0. The van der Waals surface area contributed by atoms with E-state index in [4.69, 9.17) is 14.6 Å². The lowest BCUT2D eigenvalue weighted by molar-refractivity contribution is -0.192. The average molecular weight is 255 g/mol. The molecule has 4 nitrogen and oxygen atoms in total. The minimum Gasteiger partial charge on any atom is -0.475 e. The number of nitrogens with one attached hydrogen (secondary N) is 1. The number of hydrogen-bond donors (Lipinski definition) is 2. The van der Waals surface area contributed by atoms with Crippen molar-refractivity contribution in [2.75, 3.05) is 19.7 Å². The molecule has 1 spiro atoms. The Morgan fingerprint density at radius 3 is 2.12 bits per heavy atom. The van der Waals surface area contributed by atoms with Crippen LogP contribution in [0.3, 0.4) is 0 Å². The number of ether oxygens (including phenoxy) is 1. The van der Waals surface area contributed by atoms with Gasteiger partial charge in [0, 0.05) is 6.61 Å². The van der Waals surface area contributed by atoms with Gasteiger partial charge in [-0.05, 0) is 38.8 Å². The van der Waals surface area contributed by atoms with Crippen molar-refractivity contribution in [3.8, 4) is 0 Å². The first kappa shape index (κ1) is 14.2. The van der Waals surface area contributed by atoms with Gasteiger partial charge in [0.05, 0.1) is 5.60 Å². The van der Waals surface area contributed by atoms with E-state index in [1.54, 1.807) is 0 Å². The summed E-state index contributed by atoms with van der Waals surface area (Å²) in [5.74, 6) is -2.76. The lowest BCUT2D eigenvalue weighted by Crippen LogP contribution is -2.41. The van der Waals surface area contributed by atoms with E-state index < -0.39 is 12.1 Å². The smallest absolute Gasteiger partial charge is 0.475 e. The maximum absolute atomic E-state index is 10.6. The van der Waals surface area contributed by atoms with Crippen molar-refractivity contribution in [1.82, 2.24) is 5.32 Å². The molecule has 2 heterocycles. The zero-order chi connectivity index (χ0) is 12.9. The quantitative estimate of drug-likeness (QED) is 0.689. The number of piperidine rings is 1. The molecule has 2 rings (SSSR count). The molecule has 0 bridgehead atoms. The van der Waals surface area contributed by atoms with Gasteiger partial charge in [0.1, 0.15) is 0 Å². The Bertz CT molecular complexity index is 254. The fraction of sp³-hybridized carbons (Fsp3) is 0.900. The van der Waals surface area contributed by atoms with Crippen LogP contribution in [0.1, 0.15) is 25.7 Å². The maximum Gasteiger partial charge on any atom is 0.490 e. The van der Waals surface area contributed by atoms with Gasteiger partial charge in [0.2, 0.25) is 0 Å². The third kappa shape index (κ3) is 4.51. The third-order valence-electron chi connectivity index (χ3n) is 2.94. The number of aliphatic carboxylic acids is 1. The summed E-state index contributed by atoms with van der Waals surface area (Å²) in [4.78, 5) is 8.90. The first-order valence-electron chi connectivity index (χ1n) is 5.51. The van der Waals surface area contributed by atoms with E-state index >= 15 is 0 Å². The Kier molecular flexibility index (Phi) is 4.76. The van der Waals surface area contributed by atoms with Crippen molar-refractivity contribution < 1.29 is 27.8 Å². The Morgan fingerprint density at radius 1 is 1.24 bits per heavy atom. The number of carboxylic acid groups (broad SMARTS) is 1. The molecular formula is C10H16F3NO3. The van der Waals surface area contributed by atoms with Gasteiger partial charge in [0.15, 0.2) is 0 Å². The summed E-state index contributed by atoms with van der Waals surface area (Å²) in [7, 11) is 0. The van der Waals surface area contributed by atoms with Crippen LogP contribution in [-0.4, -0.2) is 42.5 Å². The zero-order valence-electron chi connectivity index (χ0n) is 9.35. The Hall–Kier alpha value is -0.820. The van der Waals surface area contributed by atoms with Gasteiger partial charge in [-0.3, -0.25) is 0 Å². The van der Waals surface area contributed by atoms with Crippen LogP contribution in [-0.2, 0) is 9.53 Å². The fourth-order valence-electron chi connectivity index (χ4n) is 2.03. The van der Waals surface area contributed by atoms with Crippen molar-refractivity contribution in [2.24, 2.45) is 0 Å². The summed E-state index contributed by atoms with van der Waals surface area (Å²) in [6.07, 6.45) is -0.0469. The second kappa shape index (κ2) is 5.68. The van der Waals surface area contributed by atoms with E-state index in [0.29, 0.717) is 5.60 Å². The molecule has 0 aromatic carbocycles. The first-order valence-corrected chi connectivity index (χ1v) is 5.51.